The van der Waals surface area contributed by atoms with Gasteiger partial charge in [0.1, 0.15) is 0 Å². The van der Waals surface area contributed by atoms with Gasteiger partial charge in [-0.3, -0.25) is 0 Å². The van der Waals surface area contributed by atoms with E-state index in [1.54, 1.807) is 18.5 Å². The second-order valence-electron chi connectivity index (χ2n) is 2.67. The quantitative estimate of drug-likeness (QED) is 0.589. The fourth-order valence-corrected chi connectivity index (χ4v) is 1.04. The molecule has 5 nitrogen and oxygen atoms in total. The minimum atomic E-state index is -0.600. The average Bonchev–Trinajstić information content (AvgIpc) is 2.77. The lowest BCUT2D eigenvalue weighted by molar-refractivity contribution is -0.136. The summed E-state index contributed by atoms with van der Waals surface area (Å²) in [4.78, 5) is 25.2. The molecule has 1 aromatic rings. The van der Waals surface area contributed by atoms with Crippen LogP contribution >= 0.6 is 0 Å². The van der Waals surface area contributed by atoms with Crippen LogP contribution < -0.4 is 0 Å². The van der Waals surface area contributed by atoms with Gasteiger partial charge in [0.05, 0.1) is 19.8 Å². The van der Waals surface area contributed by atoms with E-state index in [0.29, 0.717) is 5.56 Å². The molecule has 1 aromatic heterocycles. The molecule has 0 amide bonds. The number of esters is 2. The Bertz CT molecular complexity index is 378. The van der Waals surface area contributed by atoms with Crippen molar-refractivity contribution in [3.8, 4) is 0 Å². The third kappa shape index (κ3) is 2.70. The van der Waals surface area contributed by atoms with Gasteiger partial charge in [0.2, 0.25) is 0 Å². The molecule has 80 valence electrons. The normalized spacial score (nSPS) is 10.9. The molecule has 0 aliphatic carbocycles. The first-order valence-corrected chi connectivity index (χ1v) is 4.20. The van der Waals surface area contributed by atoms with E-state index < -0.39 is 11.9 Å². The maximum absolute atomic E-state index is 11.3. The highest BCUT2D eigenvalue weighted by atomic mass is 16.5. The zero-order valence-corrected chi connectivity index (χ0v) is 8.44. The zero-order valence-electron chi connectivity index (χ0n) is 8.44. The fourth-order valence-electron chi connectivity index (χ4n) is 1.04. The molecule has 0 unspecified atom stereocenters. The molecule has 1 rings (SSSR count). The molecule has 0 spiro atoms. The number of hydrogen-bond acceptors (Lipinski definition) is 4. The Kier molecular flexibility index (Phi) is 3.68. The van der Waals surface area contributed by atoms with E-state index in [-0.39, 0.29) is 5.57 Å². The van der Waals surface area contributed by atoms with Crippen molar-refractivity contribution >= 4 is 17.5 Å². The predicted octanol–water partition coefficient (Wildman–Crippen LogP) is 0.744. The smallest absolute Gasteiger partial charge is 0.338 e. The van der Waals surface area contributed by atoms with Crippen molar-refractivity contribution in [2.45, 2.75) is 0 Å². The fraction of sp³-hybridized carbons (Fsp3) is 0.200. The van der Waals surface area contributed by atoms with Crippen LogP contribution in [-0.2, 0) is 19.1 Å². The molecule has 5 heteroatoms. The van der Waals surface area contributed by atoms with E-state index in [4.69, 9.17) is 0 Å². The predicted molar refractivity (Wildman–Crippen MR) is 52.8 cm³/mol. The summed E-state index contributed by atoms with van der Waals surface area (Å²) in [6, 6.07) is 1.66. The number of ether oxygens (including phenoxy) is 2. The lowest BCUT2D eigenvalue weighted by Crippen LogP contribution is -2.06. The van der Waals surface area contributed by atoms with Crippen LogP contribution in [0.3, 0.4) is 0 Å². The van der Waals surface area contributed by atoms with Gasteiger partial charge in [-0.1, -0.05) is 0 Å². The maximum atomic E-state index is 11.3. The highest BCUT2D eigenvalue weighted by molar-refractivity contribution is 6.20. The lowest BCUT2D eigenvalue weighted by atomic mass is 10.1. The first-order valence-electron chi connectivity index (χ1n) is 4.20. The summed E-state index contributed by atoms with van der Waals surface area (Å²) in [7, 11) is 2.49. The van der Waals surface area contributed by atoms with Crippen LogP contribution in [0.15, 0.2) is 24.5 Å². The molecular weight excluding hydrogens is 198 g/mol. The number of nitrogens with one attached hydrogen (secondary N) is 1. The third-order valence-electron chi connectivity index (χ3n) is 1.78. The van der Waals surface area contributed by atoms with Gasteiger partial charge >= 0.3 is 11.9 Å². The van der Waals surface area contributed by atoms with Gasteiger partial charge in [-0.2, -0.15) is 0 Å². The number of methoxy groups -OCH3 is 2. The van der Waals surface area contributed by atoms with Crippen LogP contribution in [0, 0.1) is 0 Å². The molecule has 0 aliphatic rings. The summed E-state index contributed by atoms with van der Waals surface area (Å²) in [6.45, 7) is 0. The van der Waals surface area contributed by atoms with Crippen LogP contribution in [0.25, 0.3) is 5.57 Å². The molecule has 1 heterocycles. The van der Waals surface area contributed by atoms with E-state index in [2.05, 4.69) is 14.5 Å². The summed E-state index contributed by atoms with van der Waals surface area (Å²) in [5.74, 6) is -1.18. The molecule has 1 N–H and O–H groups in total. The third-order valence-corrected chi connectivity index (χ3v) is 1.78. The molecule has 0 aromatic carbocycles. The Labute approximate surface area is 86.7 Å². The molecule has 15 heavy (non-hydrogen) atoms. The molecule has 0 aliphatic heterocycles. The zero-order chi connectivity index (χ0) is 11.3. The Morgan fingerprint density at radius 2 is 2.07 bits per heavy atom. The van der Waals surface area contributed by atoms with E-state index in [0.717, 1.165) is 6.08 Å². The summed E-state index contributed by atoms with van der Waals surface area (Å²) in [5.41, 5.74) is 0.734. The summed E-state index contributed by atoms with van der Waals surface area (Å²) in [5, 5.41) is 0. The Balaban J connectivity index is 3.04. The van der Waals surface area contributed by atoms with Crippen molar-refractivity contribution in [2.24, 2.45) is 0 Å². The largest absolute Gasteiger partial charge is 0.466 e. The molecule has 0 saturated heterocycles. The topological polar surface area (TPSA) is 68.4 Å². The highest BCUT2D eigenvalue weighted by Crippen LogP contribution is 2.15. The van der Waals surface area contributed by atoms with Crippen LogP contribution in [0.5, 0.6) is 0 Å². The van der Waals surface area contributed by atoms with E-state index in [1.165, 1.54) is 14.2 Å². The highest BCUT2D eigenvalue weighted by Gasteiger charge is 2.14. The van der Waals surface area contributed by atoms with Crippen molar-refractivity contribution < 1.29 is 19.1 Å². The number of rotatable bonds is 3. The van der Waals surface area contributed by atoms with Gasteiger partial charge in [0.25, 0.3) is 0 Å². The molecule has 0 atom stereocenters. The number of H-pyrrole nitrogens is 1. The molecule has 0 fully saturated rings. The molecule has 0 saturated carbocycles. The second-order valence-corrected chi connectivity index (χ2v) is 2.67. The van der Waals surface area contributed by atoms with Crippen molar-refractivity contribution in [3.05, 3.63) is 30.1 Å². The maximum Gasteiger partial charge on any atom is 0.338 e. The van der Waals surface area contributed by atoms with Crippen molar-refractivity contribution in [1.82, 2.24) is 4.98 Å². The van der Waals surface area contributed by atoms with E-state index >= 15 is 0 Å². The van der Waals surface area contributed by atoms with Crippen LogP contribution in [-0.4, -0.2) is 31.1 Å². The van der Waals surface area contributed by atoms with Crippen LogP contribution in [0.4, 0.5) is 0 Å². The Morgan fingerprint density at radius 1 is 1.33 bits per heavy atom. The standard InChI is InChI=1S/C10H11NO4/c1-14-9(12)5-8(10(13)15-2)7-3-4-11-6-7/h3-6,11H,1-2H3/b8-5+. The summed E-state index contributed by atoms with van der Waals surface area (Å²) >= 11 is 0. The number of carbonyl (C=O) groups is 2. The van der Waals surface area contributed by atoms with Crippen molar-refractivity contribution in [2.75, 3.05) is 14.2 Å². The summed E-state index contributed by atoms with van der Waals surface area (Å²) in [6.07, 6.45) is 4.32. The number of carbonyl (C=O) groups excluding carboxylic acids is 2. The monoisotopic (exact) mass is 209 g/mol. The number of aromatic amines is 1. The molecule has 0 bridgehead atoms. The van der Waals surface area contributed by atoms with Gasteiger partial charge in [0, 0.05) is 24.0 Å². The Morgan fingerprint density at radius 3 is 2.53 bits per heavy atom. The van der Waals surface area contributed by atoms with Crippen LogP contribution in [0.2, 0.25) is 0 Å². The minimum Gasteiger partial charge on any atom is -0.466 e. The van der Waals surface area contributed by atoms with Crippen molar-refractivity contribution in [1.29, 1.82) is 0 Å². The average molecular weight is 209 g/mol. The molecule has 0 radical (unpaired) electrons. The lowest BCUT2D eigenvalue weighted by Gasteiger charge is -2.02. The second kappa shape index (κ2) is 4.99. The van der Waals surface area contributed by atoms with E-state index in [9.17, 15) is 9.59 Å². The van der Waals surface area contributed by atoms with Gasteiger partial charge < -0.3 is 14.5 Å². The molecular formula is C10H11NO4. The Hall–Kier alpha value is -2.04. The number of aromatic nitrogens is 1. The number of hydrogen-bond donors (Lipinski definition) is 1. The first-order chi connectivity index (χ1) is 7.19. The van der Waals surface area contributed by atoms with Gasteiger partial charge in [-0.25, -0.2) is 9.59 Å². The van der Waals surface area contributed by atoms with Crippen molar-refractivity contribution in [3.63, 3.8) is 0 Å². The van der Waals surface area contributed by atoms with Crippen LogP contribution in [0.1, 0.15) is 5.56 Å². The minimum absolute atomic E-state index is 0.158. The SMILES string of the molecule is COC(=O)/C=C(/C(=O)OC)c1cc[nH]c1. The van der Waals surface area contributed by atoms with Gasteiger partial charge in [0.15, 0.2) is 0 Å². The van der Waals surface area contributed by atoms with E-state index in [1.807, 2.05) is 0 Å². The first kappa shape index (κ1) is 11.0. The van der Waals surface area contributed by atoms with Gasteiger partial charge in [-0.05, 0) is 6.07 Å². The summed E-state index contributed by atoms with van der Waals surface area (Å²) < 4.78 is 8.99. The van der Waals surface area contributed by atoms with Gasteiger partial charge in [-0.15, -0.1) is 0 Å².